The molecule has 1 aromatic carbocycles. The fourth-order valence-electron chi connectivity index (χ4n) is 1.67. The lowest BCUT2D eigenvalue weighted by Crippen LogP contribution is -2.29. The van der Waals surface area contributed by atoms with Gasteiger partial charge in [-0.05, 0) is 25.0 Å². The predicted molar refractivity (Wildman–Crippen MR) is 57.4 cm³/mol. The first-order valence-electron chi connectivity index (χ1n) is 4.81. The van der Waals surface area contributed by atoms with Crippen molar-refractivity contribution in [2.24, 2.45) is 0 Å². The third-order valence-electron chi connectivity index (χ3n) is 2.22. The van der Waals surface area contributed by atoms with E-state index in [0.717, 1.165) is 0 Å². The second-order valence-corrected chi connectivity index (χ2v) is 3.63. The van der Waals surface area contributed by atoms with Crippen LogP contribution in [0.5, 0.6) is 0 Å². The minimum Gasteiger partial charge on any atom is -0.167 e. The minimum absolute atomic E-state index is 1.23. The summed E-state index contributed by atoms with van der Waals surface area (Å²) in [5.41, 5.74) is 3.83. The van der Waals surface area contributed by atoms with Crippen molar-refractivity contribution in [3.05, 3.63) is 59.9 Å². The van der Waals surface area contributed by atoms with Crippen LogP contribution in [0.4, 0.5) is 0 Å². The first-order chi connectivity index (χ1) is 6.75. The molecule has 70 valence electrons. The lowest BCUT2D eigenvalue weighted by molar-refractivity contribution is -0.595. The molecule has 0 amide bonds. The van der Waals surface area contributed by atoms with Gasteiger partial charge in [0.1, 0.15) is 0 Å². The molecule has 0 bridgehead atoms. The standard InChI is InChI=1S/C13H14N/c1-11-8-12(2)10-13(9-11)14-6-4-3-5-7-14/h3-10H,1-2H3/q+1. The number of aromatic nitrogens is 1. The molecule has 0 N–H and O–H groups in total. The van der Waals surface area contributed by atoms with Gasteiger partial charge in [-0.2, -0.15) is 4.57 Å². The van der Waals surface area contributed by atoms with Crippen molar-refractivity contribution in [2.75, 3.05) is 0 Å². The van der Waals surface area contributed by atoms with Crippen molar-refractivity contribution >= 4 is 0 Å². The van der Waals surface area contributed by atoms with Gasteiger partial charge in [0.15, 0.2) is 12.4 Å². The first kappa shape index (κ1) is 8.95. The molecule has 14 heavy (non-hydrogen) atoms. The summed E-state index contributed by atoms with van der Waals surface area (Å²) in [5, 5.41) is 0. The lowest BCUT2D eigenvalue weighted by Gasteiger charge is -1.99. The van der Waals surface area contributed by atoms with Crippen LogP contribution >= 0.6 is 0 Å². The summed E-state index contributed by atoms with van der Waals surface area (Å²) < 4.78 is 2.12. The predicted octanol–water partition coefficient (Wildman–Crippen LogP) is 2.58. The zero-order chi connectivity index (χ0) is 9.97. The number of pyridine rings is 1. The van der Waals surface area contributed by atoms with Crippen LogP contribution in [0.3, 0.4) is 0 Å². The Morgan fingerprint density at radius 1 is 0.786 bits per heavy atom. The molecular weight excluding hydrogens is 170 g/mol. The van der Waals surface area contributed by atoms with E-state index in [0.29, 0.717) is 0 Å². The summed E-state index contributed by atoms with van der Waals surface area (Å²) in [6, 6.07) is 12.7. The number of nitrogens with zero attached hydrogens (tertiary/aromatic N) is 1. The van der Waals surface area contributed by atoms with Crippen LogP contribution < -0.4 is 4.57 Å². The maximum Gasteiger partial charge on any atom is 0.211 e. The van der Waals surface area contributed by atoms with Crippen LogP contribution in [0.1, 0.15) is 11.1 Å². The van der Waals surface area contributed by atoms with E-state index in [1.165, 1.54) is 16.8 Å². The summed E-state index contributed by atoms with van der Waals surface area (Å²) in [6.45, 7) is 4.25. The Kier molecular flexibility index (Phi) is 2.32. The van der Waals surface area contributed by atoms with Crippen molar-refractivity contribution in [2.45, 2.75) is 13.8 Å². The molecule has 0 spiro atoms. The average Bonchev–Trinajstić information content (AvgIpc) is 2.18. The zero-order valence-electron chi connectivity index (χ0n) is 8.57. The summed E-state index contributed by atoms with van der Waals surface area (Å²) in [6.07, 6.45) is 4.13. The number of aryl methyl sites for hydroxylation is 2. The molecule has 0 aliphatic carbocycles. The van der Waals surface area contributed by atoms with Crippen LogP contribution in [-0.4, -0.2) is 0 Å². The highest BCUT2D eigenvalue weighted by Crippen LogP contribution is 2.07. The fourth-order valence-corrected chi connectivity index (χ4v) is 1.67. The van der Waals surface area contributed by atoms with Gasteiger partial charge in [0.2, 0.25) is 5.69 Å². The monoisotopic (exact) mass is 184 g/mol. The molecule has 0 radical (unpaired) electrons. The van der Waals surface area contributed by atoms with Gasteiger partial charge in [-0.3, -0.25) is 0 Å². The third-order valence-corrected chi connectivity index (χ3v) is 2.22. The fraction of sp³-hybridized carbons (Fsp3) is 0.154. The highest BCUT2D eigenvalue weighted by Gasteiger charge is 2.04. The quantitative estimate of drug-likeness (QED) is 0.600. The van der Waals surface area contributed by atoms with Gasteiger partial charge in [-0.15, -0.1) is 0 Å². The van der Waals surface area contributed by atoms with Gasteiger partial charge in [-0.25, -0.2) is 0 Å². The van der Waals surface area contributed by atoms with E-state index in [9.17, 15) is 0 Å². The molecule has 0 atom stereocenters. The largest absolute Gasteiger partial charge is 0.211 e. The van der Waals surface area contributed by atoms with Crippen LogP contribution in [0.25, 0.3) is 5.69 Å². The van der Waals surface area contributed by atoms with Gasteiger partial charge in [0, 0.05) is 24.3 Å². The van der Waals surface area contributed by atoms with Crippen LogP contribution in [0.2, 0.25) is 0 Å². The van der Waals surface area contributed by atoms with Crippen molar-refractivity contribution in [3.8, 4) is 5.69 Å². The van der Waals surface area contributed by atoms with E-state index in [-0.39, 0.29) is 0 Å². The Morgan fingerprint density at radius 3 is 1.93 bits per heavy atom. The van der Waals surface area contributed by atoms with E-state index in [1.54, 1.807) is 0 Å². The molecule has 1 heterocycles. The van der Waals surface area contributed by atoms with Gasteiger partial charge in [0.25, 0.3) is 0 Å². The zero-order valence-corrected chi connectivity index (χ0v) is 8.57. The molecule has 0 aliphatic rings. The smallest absolute Gasteiger partial charge is 0.167 e. The number of hydrogen-bond acceptors (Lipinski definition) is 0. The number of rotatable bonds is 1. The molecule has 2 rings (SSSR count). The van der Waals surface area contributed by atoms with Crippen LogP contribution in [0.15, 0.2) is 48.8 Å². The van der Waals surface area contributed by atoms with Gasteiger partial charge < -0.3 is 0 Å². The molecular formula is C13H14N+. The molecule has 0 saturated heterocycles. The molecule has 0 fully saturated rings. The van der Waals surface area contributed by atoms with Crippen molar-refractivity contribution < 1.29 is 4.57 Å². The maximum absolute atomic E-state index is 2.19. The lowest BCUT2D eigenvalue weighted by atomic mass is 10.1. The summed E-state index contributed by atoms with van der Waals surface area (Å²) in [5.74, 6) is 0. The normalized spacial score (nSPS) is 10.1. The topological polar surface area (TPSA) is 3.88 Å². The summed E-state index contributed by atoms with van der Waals surface area (Å²) >= 11 is 0. The van der Waals surface area contributed by atoms with Crippen LogP contribution in [0, 0.1) is 13.8 Å². The highest BCUT2D eigenvalue weighted by molar-refractivity contribution is 5.33. The average molecular weight is 184 g/mol. The SMILES string of the molecule is Cc1cc(C)cc(-[n+]2ccccc2)c1. The Balaban J connectivity index is 2.52. The van der Waals surface area contributed by atoms with E-state index >= 15 is 0 Å². The Bertz CT molecular complexity index is 412. The number of hydrogen-bond donors (Lipinski definition) is 0. The highest BCUT2D eigenvalue weighted by atomic mass is 14.9. The second kappa shape index (κ2) is 3.62. The van der Waals surface area contributed by atoms with E-state index < -0.39 is 0 Å². The number of benzene rings is 1. The second-order valence-electron chi connectivity index (χ2n) is 3.63. The molecule has 1 nitrogen and oxygen atoms in total. The molecule has 1 aromatic heterocycles. The first-order valence-corrected chi connectivity index (χ1v) is 4.81. The van der Waals surface area contributed by atoms with Crippen molar-refractivity contribution in [1.82, 2.24) is 0 Å². The summed E-state index contributed by atoms with van der Waals surface area (Å²) in [4.78, 5) is 0. The minimum atomic E-state index is 1.23. The maximum atomic E-state index is 2.19. The van der Waals surface area contributed by atoms with Crippen molar-refractivity contribution in [3.63, 3.8) is 0 Å². The molecule has 0 aliphatic heterocycles. The van der Waals surface area contributed by atoms with E-state index in [4.69, 9.17) is 0 Å². The molecule has 1 heteroatoms. The Hall–Kier alpha value is -1.63. The summed E-state index contributed by atoms with van der Waals surface area (Å²) in [7, 11) is 0. The third kappa shape index (κ3) is 1.82. The van der Waals surface area contributed by atoms with Crippen molar-refractivity contribution in [1.29, 1.82) is 0 Å². The van der Waals surface area contributed by atoms with E-state index in [2.05, 4.69) is 49.0 Å². The Morgan fingerprint density at radius 2 is 1.36 bits per heavy atom. The van der Waals surface area contributed by atoms with Gasteiger partial charge >= 0.3 is 0 Å². The Labute approximate surface area is 84.6 Å². The van der Waals surface area contributed by atoms with Gasteiger partial charge in [-0.1, -0.05) is 12.1 Å². The van der Waals surface area contributed by atoms with Gasteiger partial charge in [0.05, 0.1) is 0 Å². The molecule has 2 aromatic rings. The van der Waals surface area contributed by atoms with Crippen LogP contribution in [-0.2, 0) is 0 Å². The van der Waals surface area contributed by atoms with E-state index in [1.807, 2.05) is 18.2 Å². The molecule has 0 saturated carbocycles. The molecule has 0 unspecified atom stereocenters.